The minimum atomic E-state index is -5.08. The monoisotopic (exact) mass is 648 g/mol. The summed E-state index contributed by atoms with van der Waals surface area (Å²) in [5.41, 5.74) is 6.14. The second-order valence-electron chi connectivity index (χ2n) is 9.05. The molecule has 0 radical (unpaired) electrons. The fraction of sp³-hybridized carbons (Fsp3) is 0.346. The van der Waals surface area contributed by atoms with Gasteiger partial charge in [-0.3, -0.25) is 9.30 Å². The van der Waals surface area contributed by atoms with Gasteiger partial charge in [0, 0.05) is 55.6 Å². The molecule has 11 nitrogen and oxygen atoms in total. The third kappa shape index (κ3) is 9.03. The van der Waals surface area contributed by atoms with Gasteiger partial charge in [-0.2, -0.15) is 26.3 Å². The standard InChI is InChI=1S/C22H24N6OS.2C2HF3O2/c1-16-20(30-15-25-16)14-26-9-11-27(12-10-26)21-22-24-13-19(28(22)8-7-23-21)17-3-5-18(29-2)6-4-17;2*3-2(4,5)1(6)7/h3-8,13,15H,9-12,14H2,1-2H3;2*(H,6,7). The number of aromatic nitrogens is 4. The Labute approximate surface area is 250 Å². The molecule has 0 saturated carbocycles. The molecule has 1 aliphatic rings. The lowest BCUT2D eigenvalue weighted by molar-refractivity contribution is -0.193. The molecule has 4 heterocycles. The fourth-order valence-corrected chi connectivity index (χ4v) is 4.72. The maximum Gasteiger partial charge on any atom is 0.490 e. The Balaban J connectivity index is 0.000000317. The van der Waals surface area contributed by atoms with E-state index in [2.05, 4.69) is 43.2 Å². The summed E-state index contributed by atoms with van der Waals surface area (Å²) in [5, 5.41) is 14.2. The molecule has 238 valence electrons. The molecule has 1 aliphatic heterocycles. The summed E-state index contributed by atoms with van der Waals surface area (Å²) < 4.78 is 70.9. The van der Waals surface area contributed by atoms with Crippen LogP contribution >= 0.6 is 11.3 Å². The van der Waals surface area contributed by atoms with E-state index in [9.17, 15) is 26.3 Å². The summed E-state index contributed by atoms with van der Waals surface area (Å²) >= 11 is 1.75. The number of benzene rings is 1. The van der Waals surface area contributed by atoms with E-state index in [-0.39, 0.29) is 0 Å². The van der Waals surface area contributed by atoms with Crippen LogP contribution in [0.1, 0.15) is 10.6 Å². The summed E-state index contributed by atoms with van der Waals surface area (Å²) in [7, 11) is 1.68. The van der Waals surface area contributed by atoms with Crippen molar-refractivity contribution < 1.29 is 50.9 Å². The SMILES string of the molecule is COc1ccc(-c2cnc3c(N4CCN(Cc5scnc5C)CC4)nccn23)cc1.O=C(O)C(F)(F)F.O=C(O)C(F)(F)F. The van der Waals surface area contributed by atoms with Crippen LogP contribution < -0.4 is 9.64 Å². The third-order valence-electron chi connectivity index (χ3n) is 6.16. The lowest BCUT2D eigenvalue weighted by Crippen LogP contribution is -2.46. The van der Waals surface area contributed by atoms with Gasteiger partial charge in [0.25, 0.3) is 0 Å². The molecular weight excluding hydrogens is 622 g/mol. The van der Waals surface area contributed by atoms with E-state index >= 15 is 0 Å². The number of methoxy groups -OCH3 is 1. The number of imidazole rings is 1. The molecule has 0 amide bonds. The number of aryl methyl sites for hydroxylation is 1. The van der Waals surface area contributed by atoms with E-state index in [4.69, 9.17) is 29.5 Å². The van der Waals surface area contributed by atoms with Crippen molar-refractivity contribution >= 4 is 34.7 Å². The normalized spacial score (nSPS) is 13.9. The zero-order chi connectivity index (χ0) is 32.7. The molecule has 2 N–H and O–H groups in total. The van der Waals surface area contributed by atoms with E-state index in [1.165, 1.54) is 4.88 Å². The number of ether oxygens (including phenoxy) is 1. The first-order chi connectivity index (χ1) is 20.6. The first kappa shape index (κ1) is 34.0. The number of carboxylic acids is 2. The molecule has 1 aromatic carbocycles. The van der Waals surface area contributed by atoms with Crippen molar-refractivity contribution in [2.75, 3.05) is 38.2 Å². The number of hydrogen-bond donors (Lipinski definition) is 2. The largest absolute Gasteiger partial charge is 0.497 e. The average Bonchev–Trinajstić information content (AvgIpc) is 3.59. The third-order valence-corrected chi connectivity index (χ3v) is 7.08. The molecule has 18 heteroatoms. The smallest absolute Gasteiger partial charge is 0.490 e. The molecule has 4 aromatic rings. The van der Waals surface area contributed by atoms with Gasteiger partial charge in [-0.25, -0.2) is 24.5 Å². The highest BCUT2D eigenvalue weighted by atomic mass is 32.1. The number of fused-ring (bicyclic) bond motifs is 1. The fourth-order valence-electron chi connectivity index (χ4n) is 3.90. The molecule has 44 heavy (non-hydrogen) atoms. The zero-order valence-electron chi connectivity index (χ0n) is 23.1. The van der Waals surface area contributed by atoms with Crippen LogP contribution in [0.2, 0.25) is 0 Å². The summed E-state index contributed by atoms with van der Waals surface area (Å²) in [6.07, 6.45) is -4.40. The van der Waals surface area contributed by atoms with Gasteiger partial charge in [-0.1, -0.05) is 0 Å². The van der Waals surface area contributed by atoms with E-state index in [1.54, 1.807) is 18.4 Å². The van der Waals surface area contributed by atoms with Gasteiger partial charge in [-0.15, -0.1) is 11.3 Å². The number of carbonyl (C=O) groups is 2. The summed E-state index contributed by atoms with van der Waals surface area (Å²) in [4.78, 5) is 37.7. The van der Waals surface area contributed by atoms with Crippen molar-refractivity contribution in [1.82, 2.24) is 24.3 Å². The first-order valence-electron chi connectivity index (χ1n) is 12.5. The number of rotatable bonds is 5. The molecule has 0 unspecified atom stereocenters. The molecule has 1 fully saturated rings. The van der Waals surface area contributed by atoms with Crippen LogP contribution in [0.15, 0.2) is 48.4 Å². The topological polar surface area (TPSA) is 133 Å². The van der Waals surface area contributed by atoms with Crippen molar-refractivity contribution in [1.29, 1.82) is 0 Å². The predicted octanol–water partition coefficient (Wildman–Crippen LogP) is 4.76. The van der Waals surface area contributed by atoms with E-state index in [0.717, 1.165) is 66.9 Å². The van der Waals surface area contributed by atoms with E-state index in [0.29, 0.717) is 0 Å². The molecule has 5 rings (SSSR count). The molecule has 0 atom stereocenters. The Morgan fingerprint density at radius 2 is 1.50 bits per heavy atom. The Hall–Kier alpha value is -4.45. The van der Waals surface area contributed by atoms with E-state index in [1.807, 2.05) is 36.2 Å². The number of nitrogens with zero attached hydrogens (tertiary/aromatic N) is 6. The minimum Gasteiger partial charge on any atom is -0.497 e. The van der Waals surface area contributed by atoms with Crippen LogP contribution in [-0.2, 0) is 16.1 Å². The second-order valence-corrected chi connectivity index (χ2v) is 9.99. The van der Waals surface area contributed by atoms with Gasteiger partial charge in [-0.05, 0) is 31.2 Å². The van der Waals surface area contributed by atoms with Crippen LogP contribution in [0.4, 0.5) is 32.2 Å². The number of piperazine rings is 1. The van der Waals surface area contributed by atoms with Crippen LogP contribution in [0.5, 0.6) is 5.75 Å². The number of hydrogen-bond acceptors (Lipinski definition) is 9. The van der Waals surface area contributed by atoms with Gasteiger partial charge in [0.15, 0.2) is 11.5 Å². The van der Waals surface area contributed by atoms with Gasteiger partial charge < -0.3 is 19.8 Å². The molecule has 1 saturated heterocycles. The van der Waals surface area contributed by atoms with Crippen LogP contribution in [0.25, 0.3) is 16.9 Å². The zero-order valence-corrected chi connectivity index (χ0v) is 23.9. The van der Waals surface area contributed by atoms with Crippen molar-refractivity contribution in [2.24, 2.45) is 0 Å². The van der Waals surface area contributed by atoms with Crippen molar-refractivity contribution in [2.45, 2.75) is 25.8 Å². The first-order valence-corrected chi connectivity index (χ1v) is 13.4. The van der Waals surface area contributed by atoms with E-state index < -0.39 is 24.3 Å². The van der Waals surface area contributed by atoms with Crippen molar-refractivity contribution in [3.63, 3.8) is 0 Å². The number of carboxylic acid groups (broad SMARTS) is 2. The second kappa shape index (κ2) is 14.3. The molecule has 0 bridgehead atoms. The Kier molecular flexibility index (Phi) is 11.1. The van der Waals surface area contributed by atoms with Crippen LogP contribution in [-0.4, -0.2) is 92.0 Å². The molecule has 0 aliphatic carbocycles. The highest BCUT2D eigenvalue weighted by molar-refractivity contribution is 7.09. The Bertz CT molecular complexity index is 1530. The maximum atomic E-state index is 10.6. The van der Waals surface area contributed by atoms with Crippen molar-refractivity contribution in [3.8, 4) is 17.0 Å². The highest BCUT2D eigenvalue weighted by Gasteiger charge is 2.38. The molecular formula is C26H26F6N6O5S. The number of alkyl halides is 6. The van der Waals surface area contributed by atoms with Gasteiger partial charge in [0.05, 0.1) is 30.2 Å². The van der Waals surface area contributed by atoms with Gasteiger partial charge in [0.1, 0.15) is 5.75 Å². The highest BCUT2D eigenvalue weighted by Crippen LogP contribution is 2.27. The van der Waals surface area contributed by atoms with Gasteiger partial charge in [0.2, 0.25) is 0 Å². The molecule has 0 spiro atoms. The number of thiazole rings is 1. The summed E-state index contributed by atoms with van der Waals surface area (Å²) in [6, 6.07) is 8.06. The maximum absolute atomic E-state index is 10.6. The lowest BCUT2D eigenvalue weighted by atomic mass is 10.1. The Morgan fingerprint density at radius 1 is 0.932 bits per heavy atom. The van der Waals surface area contributed by atoms with Gasteiger partial charge >= 0.3 is 24.3 Å². The molecule has 3 aromatic heterocycles. The lowest BCUT2D eigenvalue weighted by Gasteiger charge is -2.35. The Morgan fingerprint density at radius 3 is 1.98 bits per heavy atom. The summed E-state index contributed by atoms with van der Waals surface area (Å²) in [5.74, 6) is -3.72. The van der Waals surface area contributed by atoms with Crippen LogP contribution in [0, 0.1) is 6.92 Å². The number of anilines is 1. The van der Waals surface area contributed by atoms with Crippen LogP contribution in [0.3, 0.4) is 0 Å². The predicted molar refractivity (Wildman–Crippen MR) is 147 cm³/mol. The average molecular weight is 649 g/mol. The minimum absolute atomic E-state index is 0.848. The number of halogens is 6. The summed E-state index contributed by atoms with van der Waals surface area (Å²) in [6.45, 7) is 6.96. The van der Waals surface area contributed by atoms with Crippen molar-refractivity contribution in [3.05, 3.63) is 58.9 Å². The quantitative estimate of drug-likeness (QED) is 0.292. The number of aliphatic carboxylic acids is 2.